The van der Waals surface area contributed by atoms with E-state index in [0.717, 1.165) is 122 Å². The Balaban J connectivity index is 0.000000152. The van der Waals surface area contributed by atoms with Gasteiger partial charge in [-0.15, -0.1) is 0 Å². The molecule has 105 heavy (non-hydrogen) atoms. The quantitative estimate of drug-likeness (QED) is 0.0420. The highest BCUT2D eigenvalue weighted by atomic mass is 79.9. The molecule has 4 fully saturated rings. The molecular formula is C82H82BBr3N9O9S. The van der Waals surface area contributed by atoms with Crippen LogP contribution in [-0.4, -0.2) is 134 Å². The molecule has 18 nitrogen and oxygen atoms in total. The molecule has 7 atom stereocenters. The Labute approximate surface area is 645 Å². The number of aliphatic imine (C=N–C) groups is 2. The molecule has 3 radical (unpaired) electrons. The zero-order valence-corrected chi connectivity index (χ0v) is 62.7. The number of ether oxygens (including phenoxy) is 4. The Morgan fingerprint density at radius 2 is 0.895 bits per heavy atom. The predicted octanol–water partition coefficient (Wildman–Crippen LogP) is 13.5. The molecule has 0 aromatic heterocycles. The summed E-state index contributed by atoms with van der Waals surface area (Å²) in [5.41, 5.74) is 21.7. The molecule has 23 heteroatoms. The van der Waals surface area contributed by atoms with E-state index in [1.54, 1.807) is 64.3 Å². The fourth-order valence-electron chi connectivity index (χ4n) is 13.9. The molecule has 539 valence electrons. The normalized spacial score (nSPS) is 22.1. The molecular weight excluding hydrogens is 1540 g/mol. The number of thiocarbonyl (C=S) groups is 1. The molecule has 6 aliphatic heterocycles. The van der Waals surface area contributed by atoms with Crippen LogP contribution in [0.15, 0.2) is 266 Å². The van der Waals surface area contributed by atoms with Gasteiger partial charge in [-0.2, -0.15) is 0 Å². The standard InChI is InChI=1S/C27H27N3O3.C20H20BrN3O2.C20H19BrN2O2S.C14H12BrNO2.CH4.B/c1-32-23-13-6-9-20(17-23)19-8-5-12-22(16-19)27(21-10-3-2-4-11-21)25(31)30(26(28)29-27)18-24-14-7-15-33-24;21-16-9-4-8-15(12-16)20(14-6-2-1-3-7-14)18(25)24(19(22)23-20)13-17-10-5-11-26-17;21-16-9-4-8-15(12-16)20(14-6-2-1-3-7-14)18(24)23(19(26)22-20)13-17-10-5-11-25-17;15-12-8-4-7-11(9-12)14(16,13(17)18)10-5-2-1-3-6-10;;/h2-6,8-13,16-17,24H,7,14-15,18H2,1H3,(H2,28,29);1-4,6-9,12,17H,5,10-11,13H2,(H2,22,23);1-4,6-9,12,17H,5,10-11,13H2,(H,22,26);1-9H,16H2,(H,17,18);1H4;. The molecule has 6 aliphatic rings. The Bertz CT molecular complexity index is 4580. The Morgan fingerprint density at radius 1 is 0.514 bits per heavy atom. The van der Waals surface area contributed by atoms with Crippen molar-refractivity contribution in [2.75, 3.05) is 46.6 Å². The van der Waals surface area contributed by atoms with Crippen LogP contribution in [0.25, 0.3) is 11.1 Å². The number of nitrogens with one attached hydrogen (secondary N) is 1. The molecule has 0 saturated carbocycles. The fourth-order valence-corrected chi connectivity index (χ4v) is 15.4. The minimum Gasteiger partial charge on any atom is -0.497 e. The average Bonchev–Trinajstić information content (AvgIpc) is 1.61. The number of carbonyl (C=O) groups excluding carboxylic acids is 3. The third-order valence-corrected chi connectivity index (χ3v) is 21.0. The summed E-state index contributed by atoms with van der Waals surface area (Å²) in [6.45, 7) is 3.56. The van der Waals surface area contributed by atoms with Crippen LogP contribution in [0.3, 0.4) is 0 Å². The number of nitrogens with zero attached hydrogens (tertiary/aromatic N) is 5. The molecule has 8 N–H and O–H groups in total. The third kappa shape index (κ3) is 16.5. The lowest BCUT2D eigenvalue weighted by Gasteiger charge is -2.29. The van der Waals surface area contributed by atoms with Gasteiger partial charge in [0.1, 0.15) is 5.75 Å². The second-order valence-corrected chi connectivity index (χ2v) is 28.7. The summed E-state index contributed by atoms with van der Waals surface area (Å²) < 4.78 is 25.2. The van der Waals surface area contributed by atoms with Gasteiger partial charge in [-0.05, 0) is 161 Å². The highest BCUT2D eigenvalue weighted by molar-refractivity contribution is 9.11. The number of carboxylic acid groups (broad SMARTS) is 1. The average molecular weight is 1620 g/mol. The molecule has 0 spiro atoms. The van der Waals surface area contributed by atoms with Gasteiger partial charge >= 0.3 is 5.97 Å². The van der Waals surface area contributed by atoms with E-state index in [-0.39, 0.29) is 63.8 Å². The van der Waals surface area contributed by atoms with Crippen molar-refractivity contribution in [1.29, 1.82) is 0 Å². The zero-order valence-electron chi connectivity index (χ0n) is 57.1. The number of nitrogens with two attached hydrogens (primary N) is 3. The van der Waals surface area contributed by atoms with E-state index in [1.807, 2.05) is 200 Å². The van der Waals surface area contributed by atoms with Crippen molar-refractivity contribution < 1.29 is 43.2 Å². The van der Waals surface area contributed by atoms with Crippen molar-refractivity contribution in [1.82, 2.24) is 20.0 Å². The van der Waals surface area contributed by atoms with E-state index in [1.165, 1.54) is 0 Å². The van der Waals surface area contributed by atoms with Crippen LogP contribution in [-0.2, 0) is 55.5 Å². The number of methoxy groups -OCH3 is 1. The third-order valence-electron chi connectivity index (χ3n) is 19.2. The van der Waals surface area contributed by atoms with Crippen LogP contribution in [0.5, 0.6) is 5.75 Å². The Kier molecular flexibility index (Phi) is 26.0. The largest absolute Gasteiger partial charge is 0.497 e. The van der Waals surface area contributed by atoms with E-state index in [9.17, 15) is 24.3 Å². The summed E-state index contributed by atoms with van der Waals surface area (Å²) in [6.07, 6.45) is 5.90. The highest BCUT2D eigenvalue weighted by Crippen LogP contribution is 2.44. The lowest BCUT2D eigenvalue weighted by atomic mass is 9.81. The first-order valence-corrected chi connectivity index (χ1v) is 36.8. The van der Waals surface area contributed by atoms with Gasteiger partial charge in [0.05, 0.1) is 45.1 Å². The summed E-state index contributed by atoms with van der Waals surface area (Å²) in [7, 11) is 1.65. The zero-order chi connectivity index (χ0) is 72.3. The Morgan fingerprint density at radius 3 is 1.34 bits per heavy atom. The number of amides is 3. The Hall–Kier alpha value is -9.17. The number of guanidine groups is 2. The molecule has 7 unspecified atom stereocenters. The van der Waals surface area contributed by atoms with Crippen molar-refractivity contribution in [3.8, 4) is 16.9 Å². The van der Waals surface area contributed by atoms with Crippen LogP contribution < -0.4 is 27.3 Å². The molecule has 6 heterocycles. The maximum Gasteiger partial charge on any atom is 0.333 e. The van der Waals surface area contributed by atoms with Gasteiger partial charge in [-0.1, -0.05) is 243 Å². The summed E-state index contributed by atoms with van der Waals surface area (Å²) in [5, 5.41) is 13.3. The van der Waals surface area contributed by atoms with E-state index >= 15 is 0 Å². The van der Waals surface area contributed by atoms with Crippen LogP contribution >= 0.6 is 60.0 Å². The van der Waals surface area contributed by atoms with Gasteiger partial charge in [0.25, 0.3) is 17.7 Å². The predicted molar refractivity (Wildman–Crippen MR) is 425 cm³/mol. The minimum absolute atomic E-state index is 0. The van der Waals surface area contributed by atoms with E-state index in [4.69, 9.17) is 58.4 Å². The summed E-state index contributed by atoms with van der Waals surface area (Å²) in [5.74, 6) is -0.161. The van der Waals surface area contributed by atoms with Gasteiger partial charge in [0.2, 0.25) is 0 Å². The SMILES string of the molecule is C.COc1cccc(-c2cccc(C3(c4ccccc4)N=C(N)N(CC4CCCO4)C3=O)c2)c1.NC(C(=O)O)(c1ccccc1)c1cccc(Br)c1.NC1=NC(c2ccccc2)(c2cccc(Br)c2)C(=O)N1CC1CCCO1.O=C1N(CC2CCCO2)C(=S)NC1(c1ccccc1)c1cccc(Br)c1.[B]. The summed E-state index contributed by atoms with van der Waals surface area (Å²) in [4.78, 5) is 67.2. The lowest BCUT2D eigenvalue weighted by molar-refractivity contribution is -0.142. The fraction of sp³-hybridized carbons (Fsp3) is 0.256. The number of rotatable bonds is 17. The number of hydrogen-bond donors (Lipinski definition) is 5. The first-order chi connectivity index (χ1) is 49.9. The van der Waals surface area contributed by atoms with Crippen LogP contribution in [0.2, 0.25) is 0 Å². The van der Waals surface area contributed by atoms with Crippen molar-refractivity contribution >= 4 is 109 Å². The van der Waals surface area contributed by atoms with E-state index in [0.29, 0.717) is 35.9 Å². The molecule has 9 aromatic rings. The number of hydrogen-bond acceptors (Lipinski definition) is 14. The van der Waals surface area contributed by atoms with Gasteiger partial charge in [0, 0.05) is 41.7 Å². The summed E-state index contributed by atoms with van der Waals surface area (Å²) in [6, 6.07) is 76.1. The van der Waals surface area contributed by atoms with Crippen molar-refractivity contribution in [2.24, 2.45) is 27.2 Å². The van der Waals surface area contributed by atoms with Gasteiger partial charge in [0.15, 0.2) is 39.2 Å². The number of aliphatic carboxylic acids is 1. The second-order valence-electron chi connectivity index (χ2n) is 25.6. The van der Waals surface area contributed by atoms with Crippen molar-refractivity contribution in [2.45, 2.75) is 86.4 Å². The van der Waals surface area contributed by atoms with Crippen molar-refractivity contribution in [3.63, 3.8) is 0 Å². The van der Waals surface area contributed by atoms with Crippen molar-refractivity contribution in [3.05, 3.63) is 301 Å². The number of halogens is 3. The monoisotopic (exact) mass is 1620 g/mol. The maximum atomic E-state index is 14.0. The minimum atomic E-state index is -1.54. The van der Waals surface area contributed by atoms with Crippen LogP contribution in [0.1, 0.15) is 90.5 Å². The molecule has 0 bridgehead atoms. The second kappa shape index (κ2) is 34.8. The van der Waals surface area contributed by atoms with Gasteiger partial charge < -0.3 is 46.6 Å². The maximum absolute atomic E-state index is 14.0. The number of carboxylic acids is 1. The molecule has 0 aliphatic carbocycles. The smallest absolute Gasteiger partial charge is 0.333 e. The number of carbonyl (C=O) groups is 4. The van der Waals surface area contributed by atoms with E-state index in [2.05, 4.69) is 53.1 Å². The van der Waals surface area contributed by atoms with Gasteiger partial charge in [-0.25, -0.2) is 14.8 Å². The van der Waals surface area contributed by atoms with Crippen LogP contribution in [0.4, 0.5) is 0 Å². The first-order valence-electron chi connectivity index (χ1n) is 34.0. The van der Waals surface area contributed by atoms with Crippen LogP contribution in [0, 0.1) is 0 Å². The molecule has 4 saturated heterocycles. The molecule has 9 aromatic carbocycles. The van der Waals surface area contributed by atoms with E-state index < -0.39 is 28.1 Å². The first kappa shape index (κ1) is 78.4. The highest BCUT2D eigenvalue weighted by Gasteiger charge is 2.55. The van der Waals surface area contributed by atoms with Gasteiger partial charge in [-0.3, -0.25) is 29.1 Å². The topological polar surface area (TPSA) is 250 Å². The molecule has 3 amide bonds. The summed E-state index contributed by atoms with van der Waals surface area (Å²) >= 11 is 15.9. The number of benzene rings is 9. The lowest BCUT2D eigenvalue weighted by Crippen LogP contribution is -2.46. The molecule has 15 rings (SSSR count).